The second-order valence-electron chi connectivity index (χ2n) is 6.94. The molecule has 1 atom stereocenters. The smallest absolute Gasteiger partial charge is 0.226 e. The molecule has 134 valence electrons. The molecule has 1 aliphatic heterocycles. The van der Waals surface area contributed by atoms with Gasteiger partial charge in [-0.1, -0.05) is 13.8 Å². The zero-order chi connectivity index (χ0) is 18.1. The van der Waals surface area contributed by atoms with Gasteiger partial charge < -0.3 is 10.1 Å². The van der Waals surface area contributed by atoms with Crippen LogP contribution < -0.4 is 10.1 Å². The van der Waals surface area contributed by atoms with E-state index in [1.807, 2.05) is 11.6 Å². The number of methoxy groups -OCH3 is 1. The molecule has 1 aliphatic rings. The molecule has 1 aromatic heterocycles. The van der Waals surface area contributed by atoms with Gasteiger partial charge in [-0.25, -0.2) is 9.07 Å². The summed E-state index contributed by atoms with van der Waals surface area (Å²) in [4.78, 5) is 12.3. The van der Waals surface area contributed by atoms with Crippen molar-refractivity contribution in [2.45, 2.75) is 46.1 Å². The summed E-state index contributed by atoms with van der Waals surface area (Å²) < 4.78 is 21.1. The van der Waals surface area contributed by atoms with Crippen LogP contribution >= 0.6 is 0 Å². The maximum absolute atomic E-state index is 13.9. The third-order valence-electron chi connectivity index (χ3n) is 4.65. The van der Waals surface area contributed by atoms with Crippen molar-refractivity contribution in [1.29, 1.82) is 0 Å². The van der Waals surface area contributed by atoms with Gasteiger partial charge in [0.05, 0.1) is 12.8 Å². The summed E-state index contributed by atoms with van der Waals surface area (Å²) in [7, 11) is 1.56. The van der Waals surface area contributed by atoms with Gasteiger partial charge in [-0.2, -0.15) is 5.10 Å². The Bertz CT molecular complexity index is 798. The van der Waals surface area contributed by atoms with Gasteiger partial charge in [0.2, 0.25) is 5.91 Å². The summed E-state index contributed by atoms with van der Waals surface area (Å²) in [5, 5.41) is 7.57. The first-order chi connectivity index (χ1) is 11.9. The molecule has 2 aromatic rings. The van der Waals surface area contributed by atoms with E-state index in [0.717, 1.165) is 30.0 Å². The van der Waals surface area contributed by atoms with Crippen LogP contribution in [0.15, 0.2) is 18.2 Å². The Hall–Kier alpha value is -2.37. The molecule has 1 N–H and O–H groups in total. The molecule has 3 rings (SSSR count). The summed E-state index contributed by atoms with van der Waals surface area (Å²) in [6, 6.07) is 4.43. The number of fused-ring (bicyclic) bond motifs is 1. The highest BCUT2D eigenvalue weighted by atomic mass is 19.1. The van der Waals surface area contributed by atoms with Gasteiger partial charge in [0.1, 0.15) is 17.4 Å². The fourth-order valence-electron chi connectivity index (χ4n) is 3.40. The van der Waals surface area contributed by atoms with E-state index in [-0.39, 0.29) is 24.1 Å². The maximum atomic E-state index is 13.9. The lowest BCUT2D eigenvalue weighted by Crippen LogP contribution is -2.25. The van der Waals surface area contributed by atoms with Crippen molar-refractivity contribution in [2.24, 2.45) is 5.92 Å². The molecule has 5 nitrogen and oxygen atoms in total. The normalized spacial score (nSPS) is 16.7. The van der Waals surface area contributed by atoms with Gasteiger partial charge in [0.15, 0.2) is 0 Å². The van der Waals surface area contributed by atoms with E-state index in [9.17, 15) is 9.18 Å². The van der Waals surface area contributed by atoms with Crippen molar-refractivity contribution < 1.29 is 13.9 Å². The average molecular weight is 345 g/mol. The first-order valence-corrected chi connectivity index (χ1v) is 8.61. The predicted molar refractivity (Wildman–Crippen MR) is 94.5 cm³/mol. The number of carbonyl (C=O) groups is 1. The minimum absolute atomic E-state index is 0.0884. The Kier molecular flexibility index (Phi) is 4.79. The minimum atomic E-state index is -0.340. The second kappa shape index (κ2) is 6.86. The molecule has 1 aromatic carbocycles. The molecule has 1 unspecified atom stereocenters. The monoisotopic (exact) mass is 345 g/mol. The highest BCUT2D eigenvalue weighted by molar-refractivity contribution is 5.94. The summed E-state index contributed by atoms with van der Waals surface area (Å²) in [5.74, 6) is 1.16. The summed E-state index contributed by atoms with van der Waals surface area (Å²) >= 11 is 0. The standard InChI is InChI=1S/C19H24FN3O2/c1-11(2)7-8-23-19-18(12(3)22-23)15(10-17(24)21-19)14-9-13(20)5-6-16(14)25-4/h5-6,9,11,15H,7-8,10H2,1-4H3,(H,21,24). The number of benzene rings is 1. The molecular formula is C19H24FN3O2. The Labute approximate surface area is 147 Å². The van der Waals surface area contributed by atoms with Crippen molar-refractivity contribution in [3.8, 4) is 5.75 Å². The Morgan fingerprint density at radius 3 is 2.88 bits per heavy atom. The fourth-order valence-corrected chi connectivity index (χ4v) is 3.40. The molecule has 1 amide bonds. The highest BCUT2D eigenvalue weighted by Gasteiger charge is 2.33. The van der Waals surface area contributed by atoms with Gasteiger partial charge in [-0.3, -0.25) is 4.79 Å². The lowest BCUT2D eigenvalue weighted by Gasteiger charge is -2.25. The molecule has 0 saturated carbocycles. The van der Waals surface area contributed by atoms with Crippen LogP contribution in [0.1, 0.15) is 49.4 Å². The van der Waals surface area contributed by atoms with Crippen LogP contribution in [-0.4, -0.2) is 22.8 Å². The number of aromatic nitrogens is 2. The second-order valence-corrected chi connectivity index (χ2v) is 6.94. The average Bonchev–Trinajstić information content (AvgIpc) is 2.88. The van der Waals surface area contributed by atoms with Crippen LogP contribution in [0, 0.1) is 18.7 Å². The van der Waals surface area contributed by atoms with Gasteiger partial charge in [0.25, 0.3) is 0 Å². The molecule has 2 heterocycles. The zero-order valence-electron chi connectivity index (χ0n) is 15.1. The van der Waals surface area contributed by atoms with E-state index in [2.05, 4.69) is 24.3 Å². The number of nitrogens with zero attached hydrogens (tertiary/aromatic N) is 2. The third-order valence-corrected chi connectivity index (χ3v) is 4.65. The van der Waals surface area contributed by atoms with Crippen molar-refractivity contribution >= 4 is 11.7 Å². The highest BCUT2D eigenvalue weighted by Crippen LogP contribution is 2.42. The molecule has 25 heavy (non-hydrogen) atoms. The SMILES string of the molecule is COc1ccc(F)cc1C1CC(=O)Nc2c1c(C)nn2CCC(C)C. The van der Waals surface area contributed by atoms with E-state index < -0.39 is 0 Å². The third kappa shape index (κ3) is 3.38. The van der Waals surface area contributed by atoms with Crippen LogP contribution in [0.2, 0.25) is 0 Å². The lowest BCUT2D eigenvalue weighted by molar-refractivity contribution is -0.116. The molecule has 0 aliphatic carbocycles. The minimum Gasteiger partial charge on any atom is -0.496 e. The van der Waals surface area contributed by atoms with Crippen LogP contribution in [0.5, 0.6) is 5.75 Å². The van der Waals surface area contributed by atoms with Crippen LogP contribution in [-0.2, 0) is 11.3 Å². The number of ether oxygens (including phenoxy) is 1. The maximum Gasteiger partial charge on any atom is 0.226 e. The first kappa shape index (κ1) is 17.5. The largest absolute Gasteiger partial charge is 0.496 e. The number of hydrogen-bond donors (Lipinski definition) is 1. The summed E-state index contributed by atoms with van der Waals surface area (Å²) in [6.07, 6.45) is 1.22. The van der Waals surface area contributed by atoms with Crippen molar-refractivity contribution in [3.63, 3.8) is 0 Å². The van der Waals surface area contributed by atoms with E-state index in [1.165, 1.54) is 12.1 Å². The molecule has 0 fully saturated rings. The van der Waals surface area contributed by atoms with E-state index in [4.69, 9.17) is 4.74 Å². The number of anilines is 1. The number of carbonyl (C=O) groups excluding carboxylic acids is 1. The van der Waals surface area contributed by atoms with Crippen LogP contribution in [0.25, 0.3) is 0 Å². The number of hydrogen-bond acceptors (Lipinski definition) is 3. The van der Waals surface area contributed by atoms with Crippen LogP contribution in [0.4, 0.5) is 10.2 Å². The molecule has 0 saturated heterocycles. The van der Waals surface area contributed by atoms with Crippen molar-refractivity contribution in [3.05, 3.63) is 40.8 Å². The Balaban J connectivity index is 2.08. The molecule has 6 heteroatoms. The topological polar surface area (TPSA) is 56.1 Å². The molecular weight excluding hydrogens is 321 g/mol. The molecule has 0 radical (unpaired) electrons. The van der Waals surface area contributed by atoms with Crippen LogP contribution in [0.3, 0.4) is 0 Å². The quantitative estimate of drug-likeness (QED) is 0.895. The summed E-state index contributed by atoms with van der Waals surface area (Å²) in [5.41, 5.74) is 2.49. The van der Waals surface area contributed by atoms with E-state index in [1.54, 1.807) is 13.2 Å². The number of amides is 1. The number of halogens is 1. The van der Waals surface area contributed by atoms with Crippen molar-refractivity contribution in [1.82, 2.24) is 9.78 Å². The van der Waals surface area contributed by atoms with Gasteiger partial charge in [-0.05, 0) is 37.5 Å². The summed E-state index contributed by atoms with van der Waals surface area (Å²) in [6.45, 7) is 6.98. The van der Waals surface area contributed by atoms with Gasteiger partial charge in [0, 0.05) is 30.0 Å². The number of rotatable bonds is 5. The predicted octanol–water partition coefficient (Wildman–Crippen LogP) is 3.86. The number of aryl methyl sites for hydroxylation is 2. The van der Waals surface area contributed by atoms with Crippen molar-refractivity contribution in [2.75, 3.05) is 12.4 Å². The Morgan fingerprint density at radius 2 is 2.20 bits per heavy atom. The van der Waals surface area contributed by atoms with Gasteiger partial charge in [-0.15, -0.1) is 0 Å². The lowest BCUT2D eigenvalue weighted by atomic mass is 9.85. The van der Waals surface area contributed by atoms with E-state index in [0.29, 0.717) is 17.2 Å². The Morgan fingerprint density at radius 1 is 1.44 bits per heavy atom. The first-order valence-electron chi connectivity index (χ1n) is 8.61. The zero-order valence-corrected chi connectivity index (χ0v) is 15.1. The molecule has 0 spiro atoms. The number of nitrogens with one attached hydrogen (secondary N) is 1. The van der Waals surface area contributed by atoms with E-state index >= 15 is 0 Å². The fraction of sp³-hybridized carbons (Fsp3) is 0.474. The van der Waals surface area contributed by atoms with Gasteiger partial charge >= 0.3 is 0 Å². The molecule has 0 bridgehead atoms.